The number of rotatable bonds is 8. The van der Waals surface area contributed by atoms with Crippen molar-refractivity contribution in [3.05, 3.63) is 36.5 Å². The molecule has 0 aliphatic carbocycles. The molecule has 7 nitrogen and oxygen atoms in total. The monoisotopic (exact) mass is 381 g/mol. The fraction of sp³-hybridized carbons (Fsp3) is 0.429. The first kappa shape index (κ1) is 18.6. The Labute approximate surface area is 165 Å². The van der Waals surface area contributed by atoms with E-state index in [2.05, 4.69) is 20.3 Å². The topological polar surface area (TPSA) is 64.4 Å². The molecule has 0 bridgehead atoms. The molecule has 1 aliphatic rings. The fourth-order valence-corrected chi connectivity index (χ4v) is 3.58. The normalized spacial score (nSPS) is 14.5. The van der Waals surface area contributed by atoms with E-state index in [4.69, 9.17) is 9.47 Å². The minimum Gasteiger partial charge on any atom is -0.493 e. The molecule has 1 saturated heterocycles. The number of fused-ring (bicyclic) bond motifs is 1. The van der Waals surface area contributed by atoms with Crippen molar-refractivity contribution in [1.29, 1.82) is 0 Å². The van der Waals surface area contributed by atoms with E-state index in [1.807, 2.05) is 43.6 Å². The number of pyridine rings is 1. The van der Waals surface area contributed by atoms with Gasteiger partial charge in [-0.25, -0.2) is 4.98 Å². The Morgan fingerprint density at radius 2 is 1.96 bits per heavy atom. The summed E-state index contributed by atoms with van der Waals surface area (Å²) >= 11 is 0. The van der Waals surface area contributed by atoms with Gasteiger partial charge >= 0.3 is 0 Å². The number of anilines is 2. The third-order valence-corrected chi connectivity index (χ3v) is 5.09. The predicted octanol–water partition coefficient (Wildman–Crippen LogP) is 3.59. The number of hydrogen-bond acceptors (Lipinski definition) is 6. The summed E-state index contributed by atoms with van der Waals surface area (Å²) in [7, 11) is 3.55. The Kier molecular flexibility index (Phi) is 5.62. The van der Waals surface area contributed by atoms with Crippen molar-refractivity contribution in [3.63, 3.8) is 0 Å². The van der Waals surface area contributed by atoms with Crippen LogP contribution in [0.15, 0.2) is 36.5 Å². The molecule has 1 aliphatic heterocycles. The molecule has 1 aromatic carbocycles. The maximum Gasteiger partial charge on any atom is 0.163 e. The number of ether oxygens (including phenoxy) is 2. The minimum absolute atomic E-state index is 0.676. The first-order valence-electron chi connectivity index (χ1n) is 9.82. The van der Waals surface area contributed by atoms with Crippen molar-refractivity contribution in [2.45, 2.75) is 19.3 Å². The lowest BCUT2D eigenvalue weighted by Gasteiger charge is -2.16. The molecule has 7 heteroatoms. The fourth-order valence-electron chi connectivity index (χ4n) is 3.58. The summed E-state index contributed by atoms with van der Waals surface area (Å²) in [5.41, 5.74) is 1.75. The van der Waals surface area contributed by atoms with E-state index < -0.39 is 0 Å². The zero-order valence-corrected chi connectivity index (χ0v) is 16.5. The zero-order chi connectivity index (χ0) is 19.3. The van der Waals surface area contributed by atoms with Crippen LogP contribution in [-0.4, -0.2) is 53.0 Å². The average molecular weight is 381 g/mol. The number of likely N-dealkylation sites (tertiary alicyclic amines) is 1. The average Bonchev–Trinajstić information content (AvgIpc) is 3.36. The summed E-state index contributed by atoms with van der Waals surface area (Å²) in [5.74, 6) is 2.25. The van der Waals surface area contributed by atoms with Gasteiger partial charge in [0.05, 0.1) is 19.9 Å². The van der Waals surface area contributed by atoms with Crippen LogP contribution in [0.1, 0.15) is 19.3 Å². The lowest BCUT2D eigenvalue weighted by molar-refractivity contribution is 0.254. The maximum atomic E-state index is 6.02. The van der Waals surface area contributed by atoms with Crippen LogP contribution in [0.3, 0.4) is 0 Å². The van der Waals surface area contributed by atoms with Crippen LogP contribution in [0.4, 0.5) is 11.5 Å². The highest BCUT2D eigenvalue weighted by molar-refractivity contribution is 5.77. The van der Waals surface area contributed by atoms with Crippen molar-refractivity contribution in [1.82, 2.24) is 19.7 Å². The van der Waals surface area contributed by atoms with E-state index in [0.29, 0.717) is 6.61 Å². The molecule has 3 aromatic rings. The number of nitrogens with one attached hydrogen (secondary N) is 1. The molecule has 2 aromatic heterocycles. The summed E-state index contributed by atoms with van der Waals surface area (Å²) in [6.45, 7) is 4.21. The maximum absolute atomic E-state index is 6.02. The third kappa shape index (κ3) is 4.20. The van der Waals surface area contributed by atoms with Gasteiger partial charge in [0, 0.05) is 30.7 Å². The van der Waals surface area contributed by atoms with Gasteiger partial charge in [0.2, 0.25) is 0 Å². The second kappa shape index (κ2) is 8.48. The van der Waals surface area contributed by atoms with Crippen LogP contribution in [0, 0.1) is 0 Å². The summed E-state index contributed by atoms with van der Waals surface area (Å²) in [6.07, 6.45) is 5.47. The quantitative estimate of drug-likeness (QED) is 0.602. The van der Waals surface area contributed by atoms with Gasteiger partial charge in [-0.15, -0.1) is 0 Å². The van der Waals surface area contributed by atoms with Crippen molar-refractivity contribution in [2.24, 2.45) is 7.05 Å². The second-order valence-corrected chi connectivity index (χ2v) is 7.12. The van der Waals surface area contributed by atoms with Gasteiger partial charge in [0.15, 0.2) is 17.1 Å². The molecule has 0 radical (unpaired) electrons. The van der Waals surface area contributed by atoms with Crippen LogP contribution in [0.2, 0.25) is 0 Å². The van der Waals surface area contributed by atoms with E-state index in [1.165, 1.54) is 25.9 Å². The van der Waals surface area contributed by atoms with E-state index in [0.717, 1.165) is 47.0 Å². The minimum atomic E-state index is 0.676. The SMILES string of the molecule is COc1ccc(Nc2ccc3cnn(C)c3n2)cc1OCCCN1CCCC1. The number of aromatic nitrogens is 3. The highest BCUT2D eigenvalue weighted by Gasteiger charge is 2.11. The lowest BCUT2D eigenvalue weighted by atomic mass is 10.2. The largest absolute Gasteiger partial charge is 0.493 e. The van der Waals surface area contributed by atoms with Crippen LogP contribution in [0.25, 0.3) is 11.0 Å². The standard InChI is InChI=1S/C21H27N5O2/c1-25-21-16(15-22-25)6-9-20(24-21)23-17-7-8-18(27-2)19(14-17)28-13-5-12-26-10-3-4-11-26/h6-9,14-15H,3-5,10-13H2,1-2H3,(H,23,24). The van der Waals surface area contributed by atoms with Crippen LogP contribution >= 0.6 is 0 Å². The Morgan fingerprint density at radius 3 is 2.79 bits per heavy atom. The van der Waals surface area contributed by atoms with Gasteiger partial charge in [0.1, 0.15) is 5.82 Å². The second-order valence-electron chi connectivity index (χ2n) is 7.12. The molecule has 4 rings (SSSR count). The molecule has 28 heavy (non-hydrogen) atoms. The van der Waals surface area contributed by atoms with Gasteiger partial charge in [-0.2, -0.15) is 5.10 Å². The molecule has 3 heterocycles. The molecule has 0 saturated carbocycles. The lowest BCUT2D eigenvalue weighted by Crippen LogP contribution is -2.21. The highest BCUT2D eigenvalue weighted by atomic mass is 16.5. The summed E-state index contributed by atoms with van der Waals surface area (Å²) in [4.78, 5) is 7.13. The van der Waals surface area contributed by atoms with Gasteiger partial charge in [-0.3, -0.25) is 4.68 Å². The Balaban J connectivity index is 1.42. The van der Waals surface area contributed by atoms with Crippen molar-refractivity contribution in [2.75, 3.05) is 38.7 Å². The molecule has 1 fully saturated rings. The first-order chi connectivity index (χ1) is 13.7. The Hall–Kier alpha value is -2.80. The smallest absolute Gasteiger partial charge is 0.163 e. The van der Waals surface area contributed by atoms with E-state index in [1.54, 1.807) is 11.8 Å². The van der Waals surface area contributed by atoms with Gasteiger partial charge in [0.25, 0.3) is 0 Å². The summed E-state index contributed by atoms with van der Waals surface area (Å²) < 4.78 is 13.2. The van der Waals surface area contributed by atoms with Gasteiger partial charge in [-0.1, -0.05) is 0 Å². The van der Waals surface area contributed by atoms with Crippen LogP contribution in [0.5, 0.6) is 11.5 Å². The third-order valence-electron chi connectivity index (χ3n) is 5.09. The van der Waals surface area contributed by atoms with Crippen molar-refractivity contribution in [3.8, 4) is 11.5 Å². The summed E-state index contributed by atoms with van der Waals surface area (Å²) in [6, 6.07) is 9.80. The number of nitrogens with zero attached hydrogens (tertiary/aromatic N) is 4. The molecular weight excluding hydrogens is 354 g/mol. The zero-order valence-electron chi connectivity index (χ0n) is 16.5. The van der Waals surface area contributed by atoms with Crippen molar-refractivity contribution < 1.29 is 9.47 Å². The summed E-state index contributed by atoms with van der Waals surface area (Å²) in [5, 5.41) is 8.60. The number of benzene rings is 1. The molecule has 1 N–H and O–H groups in total. The first-order valence-corrected chi connectivity index (χ1v) is 9.82. The highest BCUT2D eigenvalue weighted by Crippen LogP contribution is 2.31. The molecule has 148 valence electrons. The molecule has 0 unspecified atom stereocenters. The van der Waals surface area contributed by atoms with Crippen LogP contribution < -0.4 is 14.8 Å². The number of hydrogen-bond donors (Lipinski definition) is 1. The molecule has 0 atom stereocenters. The predicted molar refractivity (Wildman–Crippen MR) is 111 cm³/mol. The molecule has 0 amide bonds. The number of aryl methyl sites for hydroxylation is 1. The Morgan fingerprint density at radius 1 is 1.11 bits per heavy atom. The van der Waals surface area contributed by atoms with E-state index in [9.17, 15) is 0 Å². The van der Waals surface area contributed by atoms with Gasteiger partial charge in [-0.05, 0) is 56.6 Å². The van der Waals surface area contributed by atoms with Crippen LogP contribution in [-0.2, 0) is 7.05 Å². The van der Waals surface area contributed by atoms with E-state index >= 15 is 0 Å². The Bertz CT molecular complexity index is 934. The van der Waals surface area contributed by atoms with Crippen molar-refractivity contribution >= 4 is 22.5 Å². The number of methoxy groups -OCH3 is 1. The molecular formula is C21H27N5O2. The van der Waals surface area contributed by atoms with Gasteiger partial charge < -0.3 is 19.7 Å². The molecule has 0 spiro atoms. The van der Waals surface area contributed by atoms with E-state index in [-0.39, 0.29) is 0 Å².